The van der Waals surface area contributed by atoms with Crippen molar-refractivity contribution in [3.05, 3.63) is 114 Å². The van der Waals surface area contributed by atoms with Crippen molar-refractivity contribution in [3.63, 3.8) is 0 Å². The van der Waals surface area contributed by atoms with Crippen molar-refractivity contribution in [2.75, 3.05) is 22.5 Å². The van der Waals surface area contributed by atoms with E-state index in [9.17, 15) is 13.2 Å². The second-order valence-corrected chi connectivity index (χ2v) is 11.2. The minimum absolute atomic E-state index is 0.0573. The summed E-state index contributed by atoms with van der Waals surface area (Å²) < 4.78 is 34.4. The normalized spacial score (nSPS) is 11.1. The van der Waals surface area contributed by atoms with E-state index in [1.165, 1.54) is 23.5 Å². The summed E-state index contributed by atoms with van der Waals surface area (Å²) in [7, 11) is -2.50. The third-order valence-electron chi connectivity index (χ3n) is 5.67. The molecule has 0 aromatic heterocycles. The highest BCUT2D eigenvalue weighted by atomic mass is 32.2. The van der Waals surface area contributed by atoms with E-state index in [2.05, 4.69) is 5.32 Å². The van der Waals surface area contributed by atoms with Crippen molar-refractivity contribution in [3.8, 4) is 5.75 Å². The second kappa shape index (κ2) is 12.0. The summed E-state index contributed by atoms with van der Waals surface area (Å²) in [5.74, 6) is 1.02. The Kier molecular flexibility index (Phi) is 8.53. The van der Waals surface area contributed by atoms with Crippen molar-refractivity contribution in [2.24, 2.45) is 0 Å². The standard InChI is InChI=1S/C29H28N2O4S2/c1-3-36-28-16-10-8-14-26(28)30-29(32)25-13-7-9-15-27(25)31(21-22-11-5-4-6-12-22)37(33,34)24-19-17-23(35-2)18-20-24/h4-20H,3,21H2,1-2H3,(H,30,32). The van der Waals surface area contributed by atoms with E-state index in [4.69, 9.17) is 4.74 Å². The van der Waals surface area contributed by atoms with Crippen molar-refractivity contribution in [2.45, 2.75) is 23.3 Å². The smallest absolute Gasteiger partial charge is 0.264 e. The third kappa shape index (κ3) is 6.15. The highest BCUT2D eigenvalue weighted by molar-refractivity contribution is 7.99. The molecule has 0 fully saturated rings. The SMILES string of the molecule is CCSc1ccccc1NC(=O)c1ccccc1N(Cc1ccccc1)S(=O)(=O)c1ccc(OC)cc1. The van der Waals surface area contributed by atoms with Crippen LogP contribution in [0.4, 0.5) is 11.4 Å². The van der Waals surface area contributed by atoms with Crippen LogP contribution in [0.3, 0.4) is 0 Å². The van der Waals surface area contributed by atoms with E-state index < -0.39 is 10.0 Å². The average Bonchev–Trinajstić information content (AvgIpc) is 2.93. The van der Waals surface area contributed by atoms with Gasteiger partial charge in [0.05, 0.1) is 35.5 Å². The molecule has 0 aliphatic rings. The number of hydrogen-bond donors (Lipinski definition) is 1. The average molecular weight is 533 g/mol. The summed E-state index contributed by atoms with van der Waals surface area (Å²) in [6.45, 7) is 2.10. The Labute approximate surface area is 222 Å². The number of thioether (sulfide) groups is 1. The number of para-hydroxylation sites is 2. The van der Waals surface area contributed by atoms with Crippen LogP contribution in [0.2, 0.25) is 0 Å². The fourth-order valence-corrected chi connectivity index (χ4v) is 6.08. The van der Waals surface area contributed by atoms with Gasteiger partial charge in [-0.25, -0.2) is 8.42 Å². The van der Waals surface area contributed by atoms with E-state index in [1.807, 2.05) is 61.5 Å². The van der Waals surface area contributed by atoms with Crippen molar-refractivity contribution < 1.29 is 17.9 Å². The number of rotatable bonds is 10. The molecule has 4 aromatic carbocycles. The van der Waals surface area contributed by atoms with Gasteiger partial charge in [-0.2, -0.15) is 0 Å². The van der Waals surface area contributed by atoms with Gasteiger partial charge < -0.3 is 10.1 Å². The lowest BCUT2D eigenvalue weighted by molar-refractivity contribution is 0.102. The minimum Gasteiger partial charge on any atom is -0.497 e. The predicted octanol–water partition coefficient (Wildman–Crippen LogP) is 6.46. The Morgan fingerprint density at radius 2 is 1.51 bits per heavy atom. The first-order valence-electron chi connectivity index (χ1n) is 11.8. The number of ether oxygens (including phenoxy) is 1. The first-order valence-corrected chi connectivity index (χ1v) is 14.2. The number of amides is 1. The van der Waals surface area contributed by atoms with E-state index in [-0.39, 0.29) is 22.9 Å². The van der Waals surface area contributed by atoms with Crippen LogP contribution in [0.15, 0.2) is 113 Å². The number of nitrogens with zero attached hydrogens (tertiary/aromatic N) is 1. The maximum absolute atomic E-state index is 14.0. The third-order valence-corrected chi connectivity index (χ3v) is 8.40. The molecule has 37 heavy (non-hydrogen) atoms. The largest absolute Gasteiger partial charge is 0.497 e. The lowest BCUT2D eigenvalue weighted by atomic mass is 10.1. The molecule has 190 valence electrons. The van der Waals surface area contributed by atoms with Gasteiger partial charge in [-0.1, -0.05) is 61.5 Å². The molecule has 0 radical (unpaired) electrons. The molecular formula is C29H28N2O4S2. The molecule has 8 heteroatoms. The number of hydrogen-bond acceptors (Lipinski definition) is 5. The first kappa shape index (κ1) is 26.3. The maximum atomic E-state index is 14.0. The molecule has 4 aromatic rings. The molecule has 0 aliphatic heterocycles. The highest BCUT2D eigenvalue weighted by Gasteiger charge is 2.29. The van der Waals surface area contributed by atoms with Gasteiger partial charge >= 0.3 is 0 Å². The summed E-state index contributed by atoms with van der Waals surface area (Å²) in [5.41, 5.74) is 2.02. The monoisotopic (exact) mass is 532 g/mol. The molecule has 0 unspecified atom stereocenters. The quantitative estimate of drug-likeness (QED) is 0.237. The molecule has 1 N–H and O–H groups in total. The molecule has 0 saturated heterocycles. The maximum Gasteiger partial charge on any atom is 0.264 e. The van der Waals surface area contributed by atoms with Crippen LogP contribution in [0, 0.1) is 0 Å². The summed E-state index contributed by atoms with van der Waals surface area (Å²) in [6.07, 6.45) is 0. The fourth-order valence-electron chi connectivity index (χ4n) is 3.85. The minimum atomic E-state index is -4.03. The lowest BCUT2D eigenvalue weighted by Gasteiger charge is -2.27. The summed E-state index contributed by atoms with van der Waals surface area (Å²) >= 11 is 1.62. The molecular weight excluding hydrogens is 504 g/mol. The number of methoxy groups -OCH3 is 1. The molecule has 4 rings (SSSR count). The number of carbonyl (C=O) groups is 1. The van der Waals surface area contributed by atoms with E-state index in [1.54, 1.807) is 48.2 Å². The van der Waals surface area contributed by atoms with Gasteiger partial charge in [0.1, 0.15) is 5.75 Å². The molecule has 0 aliphatic carbocycles. The number of nitrogens with one attached hydrogen (secondary N) is 1. The van der Waals surface area contributed by atoms with Crippen molar-refractivity contribution >= 4 is 39.1 Å². The van der Waals surface area contributed by atoms with Gasteiger partial charge in [0.25, 0.3) is 15.9 Å². The predicted molar refractivity (Wildman–Crippen MR) is 150 cm³/mol. The van der Waals surface area contributed by atoms with Crippen LogP contribution in [0.1, 0.15) is 22.8 Å². The summed E-state index contributed by atoms with van der Waals surface area (Å²) in [6, 6.07) is 29.9. The summed E-state index contributed by atoms with van der Waals surface area (Å²) in [5, 5.41) is 2.98. The van der Waals surface area contributed by atoms with Gasteiger partial charge in [0.15, 0.2) is 0 Å². The topological polar surface area (TPSA) is 75.7 Å². The van der Waals surface area contributed by atoms with Gasteiger partial charge in [-0.3, -0.25) is 9.10 Å². The lowest BCUT2D eigenvalue weighted by Crippen LogP contribution is -2.32. The number of carbonyl (C=O) groups excluding carboxylic acids is 1. The number of anilines is 2. The van der Waals surface area contributed by atoms with Crippen LogP contribution in [-0.4, -0.2) is 27.2 Å². The van der Waals surface area contributed by atoms with Gasteiger partial charge in [0.2, 0.25) is 0 Å². The zero-order valence-electron chi connectivity index (χ0n) is 20.6. The Balaban J connectivity index is 1.77. The fraction of sp³-hybridized carbons (Fsp3) is 0.138. The molecule has 0 atom stereocenters. The molecule has 0 spiro atoms. The Hall–Kier alpha value is -3.75. The Morgan fingerprint density at radius 1 is 0.865 bits per heavy atom. The molecule has 1 amide bonds. The second-order valence-electron chi connectivity index (χ2n) is 8.07. The first-order chi connectivity index (χ1) is 17.9. The van der Waals surface area contributed by atoms with Crippen molar-refractivity contribution in [1.29, 1.82) is 0 Å². The molecule has 0 saturated carbocycles. The van der Waals surface area contributed by atoms with Crippen LogP contribution in [-0.2, 0) is 16.6 Å². The highest BCUT2D eigenvalue weighted by Crippen LogP contribution is 2.32. The van der Waals surface area contributed by atoms with Crippen molar-refractivity contribution in [1.82, 2.24) is 0 Å². The van der Waals surface area contributed by atoms with Crippen LogP contribution < -0.4 is 14.4 Å². The summed E-state index contributed by atoms with van der Waals surface area (Å²) in [4.78, 5) is 14.6. The van der Waals surface area contributed by atoms with Gasteiger partial charge in [0, 0.05) is 4.90 Å². The molecule has 6 nitrogen and oxygen atoms in total. The van der Waals surface area contributed by atoms with Gasteiger partial charge in [-0.15, -0.1) is 11.8 Å². The molecule has 0 heterocycles. The molecule has 0 bridgehead atoms. The van der Waals surface area contributed by atoms with Gasteiger partial charge in [-0.05, 0) is 59.8 Å². The number of benzene rings is 4. The Bertz CT molecular complexity index is 1460. The van der Waals surface area contributed by atoms with E-state index >= 15 is 0 Å². The number of sulfonamides is 1. The van der Waals surface area contributed by atoms with E-state index in [0.717, 1.165) is 16.2 Å². The zero-order chi connectivity index (χ0) is 26.3. The zero-order valence-corrected chi connectivity index (χ0v) is 22.3. The Morgan fingerprint density at radius 3 is 2.22 bits per heavy atom. The van der Waals surface area contributed by atoms with Crippen LogP contribution in [0.25, 0.3) is 0 Å². The van der Waals surface area contributed by atoms with Crippen LogP contribution in [0.5, 0.6) is 5.75 Å². The van der Waals surface area contributed by atoms with E-state index in [0.29, 0.717) is 17.1 Å². The van der Waals surface area contributed by atoms with Crippen LogP contribution >= 0.6 is 11.8 Å².